The number of fused-ring (bicyclic) bond motifs is 2. The van der Waals surface area contributed by atoms with Crippen molar-refractivity contribution in [2.24, 2.45) is 4.99 Å². The molecule has 156 valence electrons. The molecule has 2 bridgehead atoms. The van der Waals surface area contributed by atoms with Crippen LogP contribution in [0.1, 0.15) is 18.4 Å². The minimum absolute atomic E-state index is 0.0284. The normalized spacial score (nSPS) is 15.5. The van der Waals surface area contributed by atoms with Gasteiger partial charge in [0.1, 0.15) is 23.5 Å². The van der Waals surface area contributed by atoms with Crippen molar-refractivity contribution in [3.05, 3.63) is 35.1 Å². The van der Waals surface area contributed by atoms with E-state index in [9.17, 15) is 9.90 Å². The van der Waals surface area contributed by atoms with Crippen molar-refractivity contribution in [1.29, 1.82) is 0 Å². The SMILES string of the molecule is CN1CCNc2ncnc3[nH]c(O)c(c23)C=Nc2ccc(Cl)c(c2)OCCCC1=O. The number of nitrogens with one attached hydrogen (secondary N) is 2. The van der Waals surface area contributed by atoms with Crippen molar-refractivity contribution in [2.75, 3.05) is 32.1 Å². The summed E-state index contributed by atoms with van der Waals surface area (Å²) in [7, 11) is 1.76. The number of nitrogens with zero attached hydrogens (tertiary/aromatic N) is 4. The van der Waals surface area contributed by atoms with Crippen molar-refractivity contribution in [2.45, 2.75) is 12.8 Å². The minimum Gasteiger partial charge on any atom is -0.494 e. The maximum atomic E-state index is 12.3. The van der Waals surface area contributed by atoms with Gasteiger partial charge in [0.15, 0.2) is 5.88 Å². The number of anilines is 1. The van der Waals surface area contributed by atoms with Gasteiger partial charge in [-0.05, 0) is 18.6 Å². The fourth-order valence-electron chi connectivity index (χ4n) is 3.18. The van der Waals surface area contributed by atoms with E-state index < -0.39 is 0 Å². The minimum atomic E-state index is -0.0621. The maximum absolute atomic E-state index is 12.3. The lowest BCUT2D eigenvalue weighted by Crippen LogP contribution is -2.31. The van der Waals surface area contributed by atoms with E-state index in [0.717, 1.165) is 0 Å². The number of halogens is 1. The molecule has 1 aliphatic rings. The second-order valence-corrected chi connectivity index (χ2v) is 7.31. The number of hydrogen-bond donors (Lipinski definition) is 3. The Kier molecular flexibility index (Phi) is 5.71. The number of amides is 1. The van der Waals surface area contributed by atoms with Crippen molar-refractivity contribution >= 4 is 46.3 Å². The number of benzene rings is 1. The summed E-state index contributed by atoms with van der Waals surface area (Å²) in [6.45, 7) is 1.35. The highest BCUT2D eigenvalue weighted by Crippen LogP contribution is 2.32. The first-order chi connectivity index (χ1) is 14.5. The van der Waals surface area contributed by atoms with Crippen LogP contribution in [0.3, 0.4) is 0 Å². The van der Waals surface area contributed by atoms with E-state index in [1.165, 1.54) is 6.33 Å². The van der Waals surface area contributed by atoms with E-state index in [-0.39, 0.29) is 11.8 Å². The molecule has 0 fully saturated rings. The monoisotopic (exact) mass is 428 g/mol. The van der Waals surface area contributed by atoms with E-state index in [1.807, 2.05) is 0 Å². The molecule has 0 atom stereocenters. The van der Waals surface area contributed by atoms with Crippen LogP contribution in [-0.4, -0.2) is 63.8 Å². The number of carbonyl (C=O) groups excluding carboxylic acids is 1. The Morgan fingerprint density at radius 3 is 3.03 bits per heavy atom. The fourth-order valence-corrected chi connectivity index (χ4v) is 3.35. The highest BCUT2D eigenvalue weighted by atomic mass is 35.5. The predicted molar refractivity (Wildman–Crippen MR) is 115 cm³/mol. The van der Waals surface area contributed by atoms with Crippen LogP contribution < -0.4 is 10.1 Å². The van der Waals surface area contributed by atoms with Crippen LogP contribution in [0.5, 0.6) is 11.6 Å². The molecule has 3 heterocycles. The summed E-state index contributed by atoms with van der Waals surface area (Å²) in [5.74, 6) is 1.00. The Bertz CT molecular complexity index is 1110. The summed E-state index contributed by atoms with van der Waals surface area (Å²) in [6, 6.07) is 5.16. The van der Waals surface area contributed by atoms with Crippen LogP contribution in [0.25, 0.3) is 11.0 Å². The van der Waals surface area contributed by atoms with Gasteiger partial charge in [-0.1, -0.05) is 11.6 Å². The van der Waals surface area contributed by atoms with Crippen LogP contribution in [0.15, 0.2) is 29.5 Å². The van der Waals surface area contributed by atoms with E-state index >= 15 is 0 Å². The first-order valence-corrected chi connectivity index (χ1v) is 9.90. The number of ether oxygens (including phenoxy) is 1. The molecule has 1 aromatic carbocycles. The number of aromatic nitrogens is 3. The molecule has 0 spiro atoms. The first-order valence-electron chi connectivity index (χ1n) is 9.53. The van der Waals surface area contributed by atoms with Crippen LogP contribution >= 0.6 is 11.6 Å². The van der Waals surface area contributed by atoms with Gasteiger partial charge in [0.25, 0.3) is 0 Å². The summed E-state index contributed by atoms with van der Waals surface area (Å²) in [5.41, 5.74) is 1.54. The zero-order valence-electron chi connectivity index (χ0n) is 16.4. The molecular weight excluding hydrogens is 408 g/mol. The highest BCUT2D eigenvalue weighted by Gasteiger charge is 2.16. The Morgan fingerprint density at radius 1 is 1.30 bits per heavy atom. The average molecular weight is 429 g/mol. The topological polar surface area (TPSA) is 116 Å². The number of H-pyrrole nitrogens is 1. The van der Waals surface area contributed by atoms with Crippen molar-refractivity contribution < 1.29 is 14.6 Å². The number of aromatic hydroxyl groups is 1. The third-order valence-electron chi connectivity index (χ3n) is 4.82. The molecule has 30 heavy (non-hydrogen) atoms. The molecule has 0 saturated heterocycles. The summed E-state index contributed by atoms with van der Waals surface area (Å²) in [4.78, 5) is 29.8. The third kappa shape index (κ3) is 4.16. The molecule has 2 aromatic heterocycles. The second kappa shape index (κ2) is 8.58. The van der Waals surface area contributed by atoms with Gasteiger partial charge in [-0.15, -0.1) is 0 Å². The summed E-state index contributed by atoms with van der Waals surface area (Å²) < 4.78 is 5.74. The standard InChI is InChI=1S/C20H21ClN6O3/c1-27-7-6-22-18-17-13(20(29)26-19(17)25-11-24-18)10-23-12-4-5-14(21)15(9-12)30-8-2-3-16(27)28/h4-5,9-11,29H,2-3,6-8H2,1H3,(H2,22,24,25,26). The lowest BCUT2D eigenvalue weighted by molar-refractivity contribution is -0.129. The van der Waals surface area contributed by atoms with Gasteiger partial charge >= 0.3 is 0 Å². The highest BCUT2D eigenvalue weighted by molar-refractivity contribution is 6.32. The van der Waals surface area contributed by atoms with E-state index in [4.69, 9.17) is 16.3 Å². The second-order valence-electron chi connectivity index (χ2n) is 6.90. The van der Waals surface area contributed by atoms with Gasteiger partial charge in [-0.3, -0.25) is 9.79 Å². The molecule has 3 N–H and O–H groups in total. The lowest BCUT2D eigenvalue weighted by Gasteiger charge is -2.18. The van der Waals surface area contributed by atoms with E-state index in [0.29, 0.717) is 71.4 Å². The number of carbonyl (C=O) groups is 1. The van der Waals surface area contributed by atoms with Crippen molar-refractivity contribution in [1.82, 2.24) is 19.9 Å². The van der Waals surface area contributed by atoms with Crippen LogP contribution in [0.2, 0.25) is 5.02 Å². The Morgan fingerprint density at radius 2 is 2.17 bits per heavy atom. The van der Waals surface area contributed by atoms with Gasteiger partial charge in [-0.25, -0.2) is 9.97 Å². The molecule has 0 aliphatic carbocycles. The van der Waals surface area contributed by atoms with Crippen LogP contribution in [-0.2, 0) is 4.79 Å². The lowest BCUT2D eigenvalue weighted by atomic mass is 10.2. The van der Waals surface area contributed by atoms with E-state index in [2.05, 4.69) is 25.3 Å². The van der Waals surface area contributed by atoms with Gasteiger partial charge < -0.3 is 25.0 Å². The van der Waals surface area contributed by atoms with Gasteiger partial charge in [0, 0.05) is 38.8 Å². The van der Waals surface area contributed by atoms with Gasteiger partial charge in [0.2, 0.25) is 5.91 Å². The molecule has 10 heteroatoms. The Labute approximate surface area is 177 Å². The molecule has 3 aromatic rings. The van der Waals surface area contributed by atoms with Crippen LogP contribution in [0, 0.1) is 0 Å². The molecule has 0 radical (unpaired) electrons. The summed E-state index contributed by atoms with van der Waals surface area (Å²) >= 11 is 6.22. The van der Waals surface area contributed by atoms with Gasteiger partial charge in [0.05, 0.1) is 28.3 Å². The zero-order chi connectivity index (χ0) is 21.1. The zero-order valence-corrected chi connectivity index (χ0v) is 17.1. The molecule has 9 nitrogen and oxygen atoms in total. The maximum Gasteiger partial charge on any atom is 0.222 e. The van der Waals surface area contributed by atoms with Gasteiger partial charge in [-0.2, -0.15) is 0 Å². The fraction of sp³-hybridized carbons (Fsp3) is 0.300. The molecule has 1 aliphatic heterocycles. The number of rotatable bonds is 0. The summed E-state index contributed by atoms with van der Waals surface area (Å²) in [5, 5.41) is 14.7. The molecule has 0 unspecified atom stereocenters. The number of aromatic amines is 1. The summed E-state index contributed by atoms with van der Waals surface area (Å²) in [6.07, 6.45) is 3.90. The quantitative estimate of drug-likeness (QED) is 0.506. The first kappa shape index (κ1) is 20.0. The van der Waals surface area contributed by atoms with E-state index in [1.54, 1.807) is 36.4 Å². The third-order valence-corrected chi connectivity index (χ3v) is 5.14. The number of aliphatic imine (C=N–C) groups is 1. The molecule has 4 rings (SSSR count). The number of hydrogen-bond acceptors (Lipinski definition) is 7. The molecular formula is C20H21ClN6O3. The molecule has 0 saturated carbocycles. The number of likely N-dealkylation sites (N-methyl/N-ethyl adjacent to an activating group) is 1. The Hall–Kier alpha value is -3.33. The Balaban J connectivity index is 1.75. The average Bonchev–Trinajstić information content (AvgIpc) is 3.06. The van der Waals surface area contributed by atoms with Crippen LogP contribution in [0.4, 0.5) is 11.5 Å². The smallest absolute Gasteiger partial charge is 0.222 e. The molecule has 1 amide bonds. The van der Waals surface area contributed by atoms with Crippen molar-refractivity contribution in [3.8, 4) is 11.6 Å². The van der Waals surface area contributed by atoms with Crippen molar-refractivity contribution in [3.63, 3.8) is 0 Å². The predicted octanol–water partition coefficient (Wildman–Crippen LogP) is 3.11. The largest absolute Gasteiger partial charge is 0.494 e.